The number of carbonyl (C=O) groups excluding carboxylic acids is 3. The molecule has 2 aromatic rings. The van der Waals surface area contributed by atoms with Crippen LogP contribution < -0.4 is 10.6 Å². The molecule has 1 aliphatic rings. The van der Waals surface area contributed by atoms with Gasteiger partial charge in [0.2, 0.25) is 5.91 Å². The molecule has 1 aromatic carbocycles. The van der Waals surface area contributed by atoms with Crippen molar-refractivity contribution in [1.29, 1.82) is 0 Å². The highest BCUT2D eigenvalue weighted by atomic mass is 16.3. The molecule has 0 aliphatic carbocycles. The van der Waals surface area contributed by atoms with E-state index in [0.717, 1.165) is 0 Å². The molecule has 7 heteroatoms. The second kappa shape index (κ2) is 8.53. The first-order chi connectivity index (χ1) is 13.0. The van der Waals surface area contributed by atoms with Crippen molar-refractivity contribution in [2.75, 3.05) is 13.1 Å². The van der Waals surface area contributed by atoms with Crippen LogP contribution in [0, 0.1) is 0 Å². The van der Waals surface area contributed by atoms with Crippen molar-refractivity contribution in [3.05, 3.63) is 60.1 Å². The zero-order valence-electron chi connectivity index (χ0n) is 15.2. The third kappa shape index (κ3) is 4.75. The normalized spacial score (nSPS) is 15.8. The molecule has 2 heterocycles. The summed E-state index contributed by atoms with van der Waals surface area (Å²) in [7, 11) is 0. The van der Waals surface area contributed by atoms with Crippen molar-refractivity contribution < 1.29 is 18.8 Å². The summed E-state index contributed by atoms with van der Waals surface area (Å²) in [6.07, 6.45) is 4.27. The molecule has 3 rings (SSSR count). The highest BCUT2D eigenvalue weighted by Crippen LogP contribution is 2.14. The number of nitrogens with one attached hydrogen (secondary N) is 2. The van der Waals surface area contributed by atoms with Crippen LogP contribution in [-0.2, 0) is 4.79 Å². The van der Waals surface area contributed by atoms with Crippen LogP contribution in [0.25, 0.3) is 0 Å². The number of benzene rings is 1. The van der Waals surface area contributed by atoms with E-state index in [-0.39, 0.29) is 23.8 Å². The van der Waals surface area contributed by atoms with Gasteiger partial charge in [-0.3, -0.25) is 14.4 Å². The number of nitrogens with zero attached hydrogens (tertiary/aromatic N) is 1. The Morgan fingerprint density at radius 2 is 1.78 bits per heavy atom. The van der Waals surface area contributed by atoms with Crippen molar-refractivity contribution in [2.24, 2.45) is 0 Å². The summed E-state index contributed by atoms with van der Waals surface area (Å²) in [5, 5.41) is 5.66. The van der Waals surface area contributed by atoms with Crippen LogP contribution in [0.4, 0.5) is 0 Å². The predicted octanol–water partition coefficient (Wildman–Crippen LogP) is 1.82. The number of likely N-dealkylation sites (tertiary alicyclic amines) is 1. The molecule has 1 fully saturated rings. The summed E-state index contributed by atoms with van der Waals surface area (Å²) in [4.78, 5) is 38.5. The van der Waals surface area contributed by atoms with Gasteiger partial charge in [0, 0.05) is 24.7 Å². The second-order valence-electron chi connectivity index (χ2n) is 6.65. The van der Waals surface area contributed by atoms with Gasteiger partial charge in [-0.1, -0.05) is 18.2 Å². The van der Waals surface area contributed by atoms with Gasteiger partial charge in [0.1, 0.15) is 12.3 Å². The third-order valence-electron chi connectivity index (χ3n) is 4.67. The highest BCUT2D eigenvalue weighted by Gasteiger charge is 2.26. The maximum absolute atomic E-state index is 12.4. The van der Waals surface area contributed by atoms with Gasteiger partial charge in [0.25, 0.3) is 11.8 Å². The van der Waals surface area contributed by atoms with Crippen molar-refractivity contribution in [3.63, 3.8) is 0 Å². The largest absolute Gasteiger partial charge is 0.472 e. The standard InChI is InChI=1S/C20H23N3O4/c1-14(21-19(25)15-5-3-2-4-6-15)18(24)22-17-7-10-23(11-8-17)20(26)16-9-12-27-13-16/h2-6,9,12-14,17H,7-8,10-11H2,1H3,(H,21,25)(H,22,24). The Bertz CT molecular complexity index is 781. The molecule has 0 radical (unpaired) electrons. The minimum absolute atomic E-state index is 0.0121. The number of carbonyl (C=O) groups is 3. The minimum atomic E-state index is -0.636. The van der Waals surface area contributed by atoms with Crippen LogP contribution in [0.1, 0.15) is 40.5 Å². The molecule has 142 valence electrons. The lowest BCUT2D eigenvalue weighted by molar-refractivity contribution is -0.123. The monoisotopic (exact) mass is 369 g/mol. The quantitative estimate of drug-likeness (QED) is 0.841. The number of hydrogen-bond donors (Lipinski definition) is 2. The van der Waals surface area contributed by atoms with Gasteiger partial charge in [-0.25, -0.2) is 0 Å². The summed E-state index contributed by atoms with van der Waals surface area (Å²) in [5.41, 5.74) is 1.05. The van der Waals surface area contributed by atoms with E-state index in [1.165, 1.54) is 12.5 Å². The van der Waals surface area contributed by atoms with E-state index in [4.69, 9.17) is 4.42 Å². The summed E-state index contributed by atoms with van der Waals surface area (Å²) in [5.74, 6) is -0.560. The van der Waals surface area contributed by atoms with E-state index >= 15 is 0 Å². The smallest absolute Gasteiger partial charge is 0.257 e. The van der Waals surface area contributed by atoms with Gasteiger partial charge in [-0.15, -0.1) is 0 Å². The SMILES string of the molecule is CC(NC(=O)c1ccccc1)C(=O)NC1CCN(C(=O)c2ccoc2)CC1. The minimum Gasteiger partial charge on any atom is -0.472 e. The number of furan rings is 1. The lowest BCUT2D eigenvalue weighted by Crippen LogP contribution is -2.51. The highest BCUT2D eigenvalue weighted by molar-refractivity contribution is 5.97. The van der Waals surface area contributed by atoms with Gasteiger partial charge in [0.15, 0.2) is 0 Å². The molecule has 1 atom stereocenters. The predicted molar refractivity (Wildman–Crippen MR) is 99.1 cm³/mol. The van der Waals surface area contributed by atoms with Crippen molar-refractivity contribution in [1.82, 2.24) is 15.5 Å². The van der Waals surface area contributed by atoms with E-state index in [1.807, 2.05) is 6.07 Å². The molecule has 1 unspecified atom stereocenters. The van der Waals surface area contributed by atoms with E-state index < -0.39 is 6.04 Å². The summed E-state index contributed by atoms with van der Waals surface area (Å²) < 4.78 is 4.95. The van der Waals surface area contributed by atoms with E-state index in [0.29, 0.717) is 37.1 Å². The molecule has 3 amide bonds. The lowest BCUT2D eigenvalue weighted by Gasteiger charge is -2.32. The first-order valence-electron chi connectivity index (χ1n) is 9.02. The Morgan fingerprint density at radius 3 is 2.41 bits per heavy atom. The average molecular weight is 369 g/mol. The van der Waals surface area contributed by atoms with Gasteiger partial charge in [-0.05, 0) is 38.0 Å². The molecule has 2 N–H and O–H groups in total. The maximum atomic E-state index is 12.4. The van der Waals surface area contributed by atoms with Gasteiger partial charge in [-0.2, -0.15) is 0 Å². The summed E-state index contributed by atoms with van der Waals surface area (Å²) >= 11 is 0. The first-order valence-corrected chi connectivity index (χ1v) is 9.02. The molecule has 0 bridgehead atoms. The fourth-order valence-corrected chi connectivity index (χ4v) is 3.06. The van der Waals surface area contributed by atoms with Crippen molar-refractivity contribution in [2.45, 2.75) is 31.8 Å². The first kappa shape index (κ1) is 18.7. The van der Waals surface area contributed by atoms with Crippen molar-refractivity contribution >= 4 is 17.7 Å². The Kier molecular flexibility index (Phi) is 5.90. The van der Waals surface area contributed by atoms with Crippen LogP contribution in [0.5, 0.6) is 0 Å². The average Bonchev–Trinajstić information content (AvgIpc) is 3.23. The van der Waals surface area contributed by atoms with Crippen LogP contribution in [-0.4, -0.2) is 47.8 Å². The summed E-state index contributed by atoms with van der Waals surface area (Å²) in [6, 6.07) is 9.78. The van der Waals surface area contributed by atoms with E-state index in [2.05, 4.69) is 10.6 Å². The number of rotatable bonds is 5. The fraction of sp³-hybridized carbons (Fsp3) is 0.350. The molecule has 27 heavy (non-hydrogen) atoms. The Labute approximate surface area is 157 Å². The molecule has 7 nitrogen and oxygen atoms in total. The molecule has 0 saturated carbocycles. The van der Waals surface area contributed by atoms with Crippen LogP contribution in [0.3, 0.4) is 0 Å². The molecule has 1 aliphatic heterocycles. The van der Waals surface area contributed by atoms with E-state index in [9.17, 15) is 14.4 Å². The van der Waals surface area contributed by atoms with Crippen LogP contribution in [0.15, 0.2) is 53.3 Å². The summed E-state index contributed by atoms with van der Waals surface area (Å²) in [6.45, 7) is 2.80. The zero-order chi connectivity index (χ0) is 19.2. The molecule has 0 spiro atoms. The van der Waals surface area contributed by atoms with Gasteiger partial charge in [0.05, 0.1) is 11.8 Å². The molecule has 1 saturated heterocycles. The topological polar surface area (TPSA) is 91.7 Å². The van der Waals surface area contributed by atoms with Gasteiger partial charge >= 0.3 is 0 Å². The van der Waals surface area contributed by atoms with Crippen molar-refractivity contribution in [3.8, 4) is 0 Å². The molecular weight excluding hydrogens is 346 g/mol. The van der Waals surface area contributed by atoms with Gasteiger partial charge < -0.3 is 20.0 Å². The lowest BCUT2D eigenvalue weighted by atomic mass is 10.0. The second-order valence-corrected chi connectivity index (χ2v) is 6.65. The van der Waals surface area contributed by atoms with Crippen LogP contribution in [0.2, 0.25) is 0 Å². The van der Waals surface area contributed by atoms with E-state index in [1.54, 1.807) is 42.2 Å². The Morgan fingerprint density at radius 1 is 1.07 bits per heavy atom. The Balaban J connectivity index is 1.45. The molecular formula is C20H23N3O4. The number of hydrogen-bond acceptors (Lipinski definition) is 4. The third-order valence-corrected chi connectivity index (χ3v) is 4.67. The van der Waals surface area contributed by atoms with Crippen LogP contribution >= 0.6 is 0 Å². The number of piperidine rings is 1. The zero-order valence-corrected chi connectivity index (χ0v) is 15.2. The Hall–Kier alpha value is -3.09. The molecule has 1 aromatic heterocycles. The fourth-order valence-electron chi connectivity index (χ4n) is 3.06. The number of amides is 3. The maximum Gasteiger partial charge on any atom is 0.257 e.